The monoisotopic (exact) mass is 346 g/mol. The predicted molar refractivity (Wildman–Crippen MR) is 100 cm³/mol. The Morgan fingerprint density at radius 2 is 1.79 bits per heavy atom. The molecule has 0 bridgehead atoms. The standard InChI is InChI=1S/C19H26N2O2S/c1-14-12-18(15(2)24-14)19(22)13-20-8-10-21(11-9-20)16-4-6-17(23-3)7-5-16/h4-7,12,19,22H,8-11,13H2,1-3H3/t19-/m1/s1. The van der Waals surface area contributed by atoms with E-state index in [4.69, 9.17) is 4.74 Å². The van der Waals surface area contributed by atoms with Gasteiger partial charge in [-0.05, 0) is 49.7 Å². The first kappa shape index (κ1) is 17.3. The molecule has 2 heterocycles. The minimum atomic E-state index is -0.387. The summed E-state index contributed by atoms with van der Waals surface area (Å²) in [5.74, 6) is 0.891. The number of rotatable bonds is 5. The molecule has 24 heavy (non-hydrogen) atoms. The molecule has 1 aliphatic heterocycles. The van der Waals surface area contributed by atoms with Crippen molar-refractivity contribution in [1.29, 1.82) is 0 Å². The number of aryl methyl sites for hydroxylation is 2. The molecule has 4 nitrogen and oxygen atoms in total. The molecule has 0 amide bonds. The van der Waals surface area contributed by atoms with Gasteiger partial charge in [0, 0.05) is 48.2 Å². The van der Waals surface area contributed by atoms with Crippen molar-refractivity contribution >= 4 is 17.0 Å². The van der Waals surface area contributed by atoms with E-state index in [0.29, 0.717) is 6.54 Å². The van der Waals surface area contributed by atoms with Crippen LogP contribution in [0.1, 0.15) is 21.4 Å². The number of piperazine rings is 1. The van der Waals surface area contributed by atoms with Gasteiger partial charge in [-0.1, -0.05) is 0 Å². The van der Waals surface area contributed by atoms with Gasteiger partial charge in [-0.15, -0.1) is 11.3 Å². The van der Waals surface area contributed by atoms with Crippen LogP contribution in [0.4, 0.5) is 5.69 Å². The Morgan fingerprint density at radius 3 is 2.33 bits per heavy atom. The van der Waals surface area contributed by atoms with Crippen LogP contribution in [0.3, 0.4) is 0 Å². The molecule has 3 rings (SSSR count). The number of β-amino-alcohol motifs (C(OH)–C–C–N with tert-alkyl or cyclic N) is 1. The summed E-state index contributed by atoms with van der Waals surface area (Å²) in [5, 5.41) is 10.5. The maximum absolute atomic E-state index is 10.5. The molecule has 0 spiro atoms. The number of nitrogens with zero attached hydrogens (tertiary/aromatic N) is 2. The van der Waals surface area contributed by atoms with Crippen LogP contribution < -0.4 is 9.64 Å². The van der Waals surface area contributed by atoms with Crippen LogP contribution in [0.2, 0.25) is 0 Å². The third kappa shape index (κ3) is 3.91. The number of methoxy groups -OCH3 is 1. The Kier molecular flexibility index (Phi) is 5.43. The van der Waals surface area contributed by atoms with Crippen molar-refractivity contribution in [3.05, 3.63) is 45.6 Å². The van der Waals surface area contributed by atoms with Crippen LogP contribution >= 0.6 is 11.3 Å². The van der Waals surface area contributed by atoms with Gasteiger partial charge in [0.15, 0.2) is 0 Å². The number of thiophene rings is 1. The van der Waals surface area contributed by atoms with Crippen molar-refractivity contribution in [1.82, 2.24) is 4.90 Å². The van der Waals surface area contributed by atoms with Gasteiger partial charge < -0.3 is 14.7 Å². The van der Waals surface area contributed by atoms with E-state index in [9.17, 15) is 5.11 Å². The zero-order valence-electron chi connectivity index (χ0n) is 14.7. The Morgan fingerprint density at radius 1 is 1.12 bits per heavy atom. The Labute approximate surface area is 148 Å². The number of benzene rings is 1. The zero-order chi connectivity index (χ0) is 17.1. The maximum Gasteiger partial charge on any atom is 0.119 e. The Bertz CT molecular complexity index is 661. The summed E-state index contributed by atoms with van der Waals surface area (Å²) in [6.45, 7) is 8.84. The molecular weight excluding hydrogens is 320 g/mol. The normalized spacial score (nSPS) is 17.1. The number of ether oxygens (including phenoxy) is 1. The number of hydrogen-bond donors (Lipinski definition) is 1. The fourth-order valence-electron chi connectivity index (χ4n) is 3.31. The van der Waals surface area contributed by atoms with Crippen LogP contribution in [0.15, 0.2) is 30.3 Å². The zero-order valence-corrected chi connectivity index (χ0v) is 15.5. The van der Waals surface area contributed by atoms with Crippen LogP contribution in [0, 0.1) is 13.8 Å². The van der Waals surface area contributed by atoms with Crippen LogP contribution in [-0.4, -0.2) is 49.8 Å². The first-order valence-corrected chi connectivity index (χ1v) is 9.25. The molecule has 1 aliphatic rings. The lowest BCUT2D eigenvalue weighted by Crippen LogP contribution is -2.47. The third-order valence-electron chi connectivity index (χ3n) is 4.68. The Hall–Kier alpha value is -1.56. The molecule has 0 aliphatic carbocycles. The van der Waals surface area contributed by atoms with Gasteiger partial charge in [0.05, 0.1) is 13.2 Å². The van der Waals surface area contributed by atoms with Crippen molar-refractivity contribution in [3.63, 3.8) is 0 Å². The van der Waals surface area contributed by atoms with Crippen molar-refractivity contribution in [3.8, 4) is 5.75 Å². The van der Waals surface area contributed by atoms with E-state index in [2.05, 4.69) is 41.8 Å². The van der Waals surface area contributed by atoms with Crippen LogP contribution in [-0.2, 0) is 0 Å². The summed E-state index contributed by atoms with van der Waals surface area (Å²) in [6.07, 6.45) is -0.387. The highest BCUT2D eigenvalue weighted by Gasteiger charge is 2.21. The molecule has 0 unspecified atom stereocenters. The lowest BCUT2D eigenvalue weighted by Gasteiger charge is -2.37. The van der Waals surface area contributed by atoms with E-state index in [1.807, 2.05) is 12.1 Å². The minimum absolute atomic E-state index is 0.387. The van der Waals surface area contributed by atoms with Gasteiger partial charge in [0.2, 0.25) is 0 Å². The van der Waals surface area contributed by atoms with E-state index in [1.165, 1.54) is 15.4 Å². The topological polar surface area (TPSA) is 35.9 Å². The average molecular weight is 346 g/mol. The van der Waals surface area contributed by atoms with E-state index in [-0.39, 0.29) is 6.10 Å². The quantitative estimate of drug-likeness (QED) is 0.902. The molecule has 1 fully saturated rings. The lowest BCUT2D eigenvalue weighted by atomic mass is 10.1. The van der Waals surface area contributed by atoms with E-state index >= 15 is 0 Å². The van der Waals surface area contributed by atoms with Gasteiger partial charge in [-0.3, -0.25) is 4.90 Å². The highest BCUT2D eigenvalue weighted by atomic mass is 32.1. The smallest absolute Gasteiger partial charge is 0.119 e. The van der Waals surface area contributed by atoms with Gasteiger partial charge in [0.1, 0.15) is 5.75 Å². The first-order chi connectivity index (χ1) is 11.6. The molecular formula is C19H26N2O2S. The second-order valence-corrected chi connectivity index (χ2v) is 7.83. The first-order valence-electron chi connectivity index (χ1n) is 8.43. The van der Waals surface area contributed by atoms with Crippen molar-refractivity contribution in [2.45, 2.75) is 20.0 Å². The molecule has 1 saturated heterocycles. The number of hydrogen-bond acceptors (Lipinski definition) is 5. The third-order valence-corrected chi connectivity index (χ3v) is 5.66. The van der Waals surface area contributed by atoms with E-state index < -0.39 is 0 Å². The Balaban J connectivity index is 1.54. The van der Waals surface area contributed by atoms with Gasteiger partial charge in [0.25, 0.3) is 0 Å². The summed E-state index contributed by atoms with van der Waals surface area (Å²) >= 11 is 1.76. The molecule has 1 N–H and O–H groups in total. The predicted octanol–water partition coefficient (Wildman–Crippen LogP) is 3.23. The van der Waals surface area contributed by atoms with E-state index in [0.717, 1.165) is 37.5 Å². The summed E-state index contributed by atoms with van der Waals surface area (Å²) in [7, 11) is 1.69. The van der Waals surface area contributed by atoms with Gasteiger partial charge in [-0.2, -0.15) is 0 Å². The molecule has 0 saturated carbocycles. The summed E-state index contributed by atoms with van der Waals surface area (Å²) in [4.78, 5) is 7.25. The fourth-order valence-corrected chi connectivity index (χ4v) is 4.29. The second kappa shape index (κ2) is 7.55. The van der Waals surface area contributed by atoms with Crippen molar-refractivity contribution in [2.75, 3.05) is 44.7 Å². The van der Waals surface area contributed by atoms with Crippen molar-refractivity contribution in [2.24, 2.45) is 0 Å². The summed E-state index contributed by atoms with van der Waals surface area (Å²) < 4.78 is 5.22. The maximum atomic E-state index is 10.5. The number of aliphatic hydroxyl groups is 1. The van der Waals surface area contributed by atoms with E-state index in [1.54, 1.807) is 18.4 Å². The number of anilines is 1. The highest BCUT2D eigenvalue weighted by Crippen LogP contribution is 2.27. The van der Waals surface area contributed by atoms with Gasteiger partial charge >= 0.3 is 0 Å². The molecule has 1 aromatic heterocycles. The molecule has 1 aromatic carbocycles. The highest BCUT2D eigenvalue weighted by molar-refractivity contribution is 7.12. The minimum Gasteiger partial charge on any atom is -0.497 e. The largest absolute Gasteiger partial charge is 0.497 e. The molecule has 1 atom stereocenters. The lowest BCUT2D eigenvalue weighted by molar-refractivity contribution is 0.109. The van der Waals surface area contributed by atoms with Crippen molar-refractivity contribution < 1.29 is 9.84 Å². The molecule has 0 radical (unpaired) electrons. The molecule has 130 valence electrons. The summed E-state index contributed by atoms with van der Waals surface area (Å²) in [5.41, 5.74) is 2.33. The molecule has 5 heteroatoms. The average Bonchev–Trinajstić information content (AvgIpc) is 2.94. The fraction of sp³-hybridized carbons (Fsp3) is 0.474. The SMILES string of the molecule is COc1ccc(N2CCN(C[C@@H](O)c3cc(C)sc3C)CC2)cc1. The van der Waals surface area contributed by atoms with Crippen LogP contribution in [0.25, 0.3) is 0 Å². The molecule has 2 aromatic rings. The number of aliphatic hydroxyl groups excluding tert-OH is 1. The summed E-state index contributed by atoms with van der Waals surface area (Å²) in [6, 6.07) is 10.4. The van der Waals surface area contributed by atoms with Gasteiger partial charge in [-0.25, -0.2) is 0 Å². The van der Waals surface area contributed by atoms with Crippen LogP contribution in [0.5, 0.6) is 5.75 Å². The second-order valence-electron chi connectivity index (χ2n) is 6.37.